The van der Waals surface area contributed by atoms with Gasteiger partial charge >= 0.3 is 0 Å². The summed E-state index contributed by atoms with van der Waals surface area (Å²) >= 11 is 1.73. The van der Waals surface area contributed by atoms with E-state index in [2.05, 4.69) is 32.9 Å². The lowest BCUT2D eigenvalue weighted by atomic mass is 9.91. The Bertz CT molecular complexity index is 858. The Kier molecular flexibility index (Phi) is 3.81. The number of benzene rings is 2. The summed E-state index contributed by atoms with van der Waals surface area (Å²) in [7, 11) is 0. The summed E-state index contributed by atoms with van der Waals surface area (Å²) in [6.45, 7) is 6.59. The monoisotopic (exact) mass is 296 g/mol. The van der Waals surface area contributed by atoms with Crippen LogP contribution in [0, 0.1) is 0 Å². The first-order valence-electron chi connectivity index (χ1n) is 7.60. The van der Waals surface area contributed by atoms with Gasteiger partial charge in [0, 0.05) is 20.2 Å². The zero-order chi connectivity index (χ0) is 15.0. The highest BCUT2D eigenvalue weighted by molar-refractivity contribution is 7.24. The minimum atomic E-state index is 0.199. The second-order valence-electron chi connectivity index (χ2n) is 5.84. The minimum Gasteiger partial charge on any atom is -0.288 e. The molecule has 21 heavy (non-hydrogen) atoms. The van der Waals surface area contributed by atoms with E-state index in [0.717, 1.165) is 33.0 Å². The Morgan fingerprint density at radius 2 is 1.81 bits per heavy atom. The predicted octanol–water partition coefficient (Wildman–Crippen LogP) is 5.49. The first kappa shape index (κ1) is 14.3. The van der Waals surface area contributed by atoms with Crippen molar-refractivity contribution in [3.05, 3.63) is 57.7 Å². The van der Waals surface area contributed by atoms with Gasteiger partial charge in [0.05, 0.1) is 0 Å². The smallest absolute Gasteiger partial charge is 0.196 e. The van der Waals surface area contributed by atoms with Gasteiger partial charge in [-0.2, -0.15) is 0 Å². The number of hydrogen-bond acceptors (Lipinski definition) is 2. The van der Waals surface area contributed by atoms with E-state index in [4.69, 9.17) is 0 Å². The maximum Gasteiger partial charge on any atom is 0.196 e. The van der Waals surface area contributed by atoms with Gasteiger partial charge < -0.3 is 0 Å². The molecular weight excluding hydrogens is 276 g/mol. The van der Waals surface area contributed by atoms with Crippen LogP contribution in [0.1, 0.15) is 44.2 Å². The largest absolute Gasteiger partial charge is 0.288 e. The van der Waals surface area contributed by atoms with Crippen LogP contribution in [-0.4, -0.2) is 0 Å². The van der Waals surface area contributed by atoms with Crippen molar-refractivity contribution in [1.82, 2.24) is 0 Å². The summed E-state index contributed by atoms with van der Waals surface area (Å²) in [6, 6.07) is 12.3. The summed E-state index contributed by atoms with van der Waals surface area (Å²) in [5.41, 5.74) is 2.78. The van der Waals surface area contributed by atoms with Gasteiger partial charge in [-0.25, -0.2) is 0 Å². The first-order chi connectivity index (χ1) is 10.1. The Hall–Kier alpha value is -1.67. The normalized spacial score (nSPS) is 11.6. The van der Waals surface area contributed by atoms with Crippen LogP contribution in [0.4, 0.5) is 0 Å². The molecule has 0 unspecified atom stereocenters. The molecule has 0 spiro atoms. The van der Waals surface area contributed by atoms with Gasteiger partial charge in [-0.15, -0.1) is 11.3 Å². The summed E-state index contributed by atoms with van der Waals surface area (Å²) in [5.74, 6) is 0.451. The third-order valence-corrected chi connectivity index (χ3v) is 5.15. The van der Waals surface area contributed by atoms with Crippen LogP contribution < -0.4 is 5.43 Å². The molecule has 0 atom stereocenters. The van der Waals surface area contributed by atoms with E-state index in [-0.39, 0.29) is 5.43 Å². The molecule has 1 aromatic heterocycles. The molecule has 108 valence electrons. The molecule has 3 aromatic rings. The summed E-state index contributed by atoms with van der Waals surface area (Å²) in [5, 5.41) is 1.81. The van der Waals surface area contributed by atoms with Gasteiger partial charge in [0.1, 0.15) is 0 Å². The first-order valence-corrected chi connectivity index (χ1v) is 8.42. The van der Waals surface area contributed by atoms with E-state index in [0.29, 0.717) is 5.92 Å². The highest BCUT2D eigenvalue weighted by atomic mass is 32.1. The average Bonchev–Trinajstić information content (AvgIpc) is 2.47. The molecule has 0 N–H and O–H groups in total. The van der Waals surface area contributed by atoms with Crippen molar-refractivity contribution in [3.63, 3.8) is 0 Å². The lowest BCUT2D eigenvalue weighted by Gasteiger charge is -2.15. The molecule has 0 amide bonds. The van der Waals surface area contributed by atoms with Crippen molar-refractivity contribution >= 4 is 31.5 Å². The fourth-order valence-electron chi connectivity index (χ4n) is 3.03. The van der Waals surface area contributed by atoms with E-state index in [1.165, 1.54) is 11.1 Å². The average molecular weight is 296 g/mol. The molecular formula is C19H20OS. The van der Waals surface area contributed by atoms with Crippen molar-refractivity contribution in [3.8, 4) is 0 Å². The molecule has 0 saturated heterocycles. The molecule has 0 aliphatic heterocycles. The molecule has 0 saturated carbocycles. The molecule has 2 heteroatoms. The summed E-state index contributed by atoms with van der Waals surface area (Å²) in [6.07, 6.45) is 2.04. The second-order valence-corrected chi connectivity index (χ2v) is 6.92. The van der Waals surface area contributed by atoms with Crippen LogP contribution in [0.5, 0.6) is 0 Å². The zero-order valence-corrected chi connectivity index (χ0v) is 13.6. The van der Waals surface area contributed by atoms with Crippen molar-refractivity contribution in [1.29, 1.82) is 0 Å². The zero-order valence-electron chi connectivity index (χ0n) is 12.8. The van der Waals surface area contributed by atoms with Gasteiger partial charge in [-0.05, 0) is 41.7 Å². The molecule has 1 nitrogen and oxygen atoms in total. The van der Waals surface area contributed by atoms with Crippen LogP contribution in [-0.2, 0) is 6.42 Å². The van der Waals surface area contributed by atoms with Gasteiger partial charge in [-0.3, -0.25) is 4.79 Å². The standard InChI is InChI=1S/C19H20OS/c1-4-7-14-13(12(2)3)10-11-17-18(14)19(20)15-8-5-6-9-16(15)21-17/h5-6,8-12H,4,7H2,1-3H3. The molecule has 3 rings (SSSR count). The van der Waals surface area contributed by atoms with E-state index < -0.39 is 0 Å². The number of hydrogen-bond donors (Lipinski definition) is 0. The van der Waals surface area contributed by atoms with Crippen molar-refractivity contribution < 1.29 is 0 Å². The quantitative estimate of drug-likeness (QED) is 0.584. The molecule has 0 fully saturated rings. The fourth-order valence-corrected chi connectivity index (χ4v) is 4.14. The molecule has 2 aromatic carbocycles. The van der Waals surface area contributed by atoms with Crippen molar-refractivity contribution in [2.24, 2.45) is 0 Å². The highest BCUT2D eigenvalue weighted by Crippen LogP contribution is 2.31. The molecule has 0 radical (unpaired) electrons. The summed E-state index contributed by atoms with van der Waals surface area (Å²) in [4.78, 5) is 13.0. The predicted molar refractivity (Wildman–Crippen MR) is 93.7 cm³/mol. The molecule has 0 aliphatic carbocycles. The third kappa shape index (κ3) is 2.38. The summed E-state index contributed by atoms with van der Waals surface area (Å²) < 4.78 is 2.20. The Morgan fingerprint density at radius 1 is 1.05 bits per heavy atom. The number of fused-ring (bicyclic) bond motifs is 2. The lowest BCUT2D eigenvalue weighted by molar-refractivity contribution is 0.826. The fraction of sp³-hybridized carbons (Fsp3) is 0.316. The SMILES string of the molecule is CCCc1c(C(C)C)ccc2sc3ccccc3c(=O)c12. The highest BCUT2D eigenvalue weighted by Gasteiger charge is 2.14. The molecule has 0 aliphatic rings. The third-order valence-electron chi connectivity index (χ3n) is 4.01. The van der Waals surface area contributed by atoms with Crippen LogP contribution in [0.2, 0.25) is 0 Å². The molecule has 1 heterocycles. The lowest BCUT2D eigenvalue weighted by Crippen LogP contribution is -2.07. The van der Waals surface area contributed by atoms with Crippen molar-refractivity contribution in [2.45, 2.75) is 39.5 Å². The maximum atomic E-state index is 13.0. The van der Waals surface area contributed by atoms with E-state index in [1.807, 2.05) is 24.3 Å². The van der Waals surface area contributed by atoms with E-state index in [9.17, 15) is 4.79 Å². The second kappa shape index (κ2) is 5.61. The Morgan fingerprint density at radius 3 is 2.52 bits per heavy atom. The van der Waals surface area contributed by atoms with E-state index in [1.54, 1.807) is 11.3 Å². The van der Waals surface area contributed by atoms with Crippen LogP contribution in [0.25, 0.3) is 20.2 Å². The number of rotatable bonds is 3. The van der Waals surface area contributed by atoms with Gasteiger partial charge in [0.2, 0.25) is 0 Å². The van der Waals surface area contributed by atoms with Crippen LogP contribution >= 0.6 is 11.3 Å². The van der Waals surface area contributed by atoms with Crippen LogP contribution in [0.3, 0.4) is 0 Å². The van der Waals surface area contributed by atoms with Gasteiger partial charge in [-0.1, -0.05) is 45.4 Å². The van der Waals surface area contributed by atoms with Crippen molar-refractivity contribution in [2.75, 3.05) is 0 Å². The van der Waals surface area contributed by atoms with Crippen LogP contribution in [0.15, 0.2) is 41.2 Å². The minimum absolute atomic E-state index is 0.199. The molecule has 0 bridgehead atoms. The number of aryl methyl sites for hydroxylation is 1. The maximum absolute atomic E-state index is 13.0. The topological polar surface area (TPSA) is 17.1 Å². The van der Waals surface area contributed by atoms with Gasteiger partial charge in [0.15, 0.2) is 5.43 Å². The van der Waals surface area contributed by atoms with Gasteiger partial charge in [0.25, 0.3) is 0 Å². The Labute approximate surface area is 129 Å². The Balaban J connectivity index is 2.48. The van der Waals surface area contributed by atoms with E-state index >= 15 is 0 Å².